The monoisotopic (exact) mass is 952 g/mol. The molecule has 0 N–H and O–H groups in total. The van der Waals surface area contributed by atoms with E-state index in [0.717, 1.165) is 77.5 Å². The Bertz CT molecular complexity index is 4540. The van der Waals surface area contributed by atoms with Gasteiger partial charge in [0.25, 0.3) is 0 Å². The zero-order valence-corrected chi connectivity index (χ0v) is 40.8. The molecule has 0 spiro atoms. The molecule has 4 aromatic heterocycles. The molecule has 0 atom stereocenters. The van der Waals surface area contributed by atoms with Crippen molar-refractivity contribution in [3.05, 3.63) is 242 Å². The number of fused-ring (bicyclic) bond motifs is 12. The lowest BCUT2D eigenvalue weighted by Crippen LogP contribution is -2.22. The molecule has 4 heterocycles. The SMILES string of the molecule is CC1(C)c2ccccc2-c2cccc(N(c3nc(-c4ccc5c(c4)c4ccccc4n5-c4ccccc4)nc(-c4cccc5c6ccccc6n(-c6ccccc6)c45)n3)c3cccc4sc5ccccc5c34)c21. The van der Waals surface area contributed by atoms with Gasteiger partial charge in [-0.25, -0.2) is 4.98 Å². The average Bonchev–Trinajstić information content (AvgIpc) is 4.19. The third-order valence-corrected chi connectivity index (χ3v) is 16.3. The largest absolute Gasteiger partial charge is 0.309 e. The molecule has 0 saturated carbocycles. The quantitative estimate of drug-likeness (QED) is 0.160. The molecule has 10 aromatic carbocycles. The minimum Gasteiger partial charge on any atom is -0.309 e. The van der Waals surface area contributed by atoms with E-state index in [-0.39, 0.29) is 5.41 Å². The number of thiophene rings is 1. The summed E-state index contributed by atoms with van der Waals surface area (Å²) in [6.07, 6.45) is 0. The highest BCUT2D eigenvalue weighted by atomic mass is 32.1. The third kappa shape index (κ3) is 6.19. The molecule has 6 nitrogen and oxygen atoms in total. The van der Waals surface area contributed by atoms with E-state index in [9.17, 15) is 0 Å². The second-order valence-electron chi connectivity index (χ2n) is 19.5. The number of anilines is 3. The van der Waals surface area contributed by atoms with Crippen LogP contribution in [0, 0.1) is 0 Å². The number of hydrogen-bond acceptors (Lipinski definition) is 5. The van der Waals surface area contributed by atoms with Crippen LogP contribution < -0.4 is 4.90 Å². The molecule has 73 heavy (non-hydrogen) atoms. The van der Waals surface area contributed by atoms with Crippen LogP contribution in [0.1, 0.15) is 25.0 Å². The second kappa shape index (κ2) is 15.9. The molecule has 15 rings (SSSR count). The number of hydrogen-bond donors (Lipinski definition) is 0. The Labute approximate surface area is 425 Å². The summed E-state index contributed by atoms with van der Waals surface area (Å²) >= 11 is 1.82. The van der Waals surface area contributed by atoms with E-state index in [1.165, 1.54) is 42.4 Å². The summed E-state index contributed by atoms with van der Waals surface area (Å²) in [5.74, 6) is 1.70. The lowest BCUT2D eigenvalue weighted by Gasteiger charge is -2.31. The minimum atomic E-state index is -0.343. The number of benzene rings is 10. The molecule has 1 aliphatic carbocycles. The van der Waals surface area contributed by atoms with E-state index < -0.39 is 0 Å². The van der Waals surface area contributed by atoms with Gasteiger partial charge in [-0.1, -0.05) is 159 Å². The van der Waals surface area contributed by atoms with Gasteiger partial charge >= 0.3 is 0 Å². The fraction of sp³-hybridized carbons (Fsp3) is 0.0455. The first-order chi connectivity index (χ1) is 36.0. The number of aromatic nitrogens is 5. The normalized spacial score (nSPS) is 12.9. The Morgan fingerprint density at radius 3 is 1.78 bits per heavy atom. The fourth-order valence-corrected chi connectivity index (χ4v) is 13.1. The lowest BCUT2D eigenvalue weighted by molar-refractivity contribution is 0.660. The number of nitrogens with zero attached hydrogens (tertiary/aromatic N) is 6. The highest BCUT2D eigenvalue weighted by molar-refractivity contribution is 7.26. The van der Waals surface area contributed by atoms with Gasteiger partial charge in [0.1, 0.15) is 0 Å². The van der Waals surface area contributed by atoms with Crippen molar-refractivity contribution < 1.29 is 0 Å². The molecule has 0 amide bonds. The zero-order chi connectivity index (χ0) is 48.4. The van der Waals surface area contributed by atoms with Crippen LogP contribution >= 0.6 is 11.3 Å². The van der Waals surface area contributed by atoms with Gasteiger partial charge in [-0.2, -0.15) is 9.97 Å². The van der Waals surface area contributed by atoms with Gasteiger partial charge in [-0.05, 0) is 107 Å². The molecule has 1 aliphatic rings. The molecule has 0 saturated heterocycles. The van der Waals surface area contributed by atoms with E-state index in [4.69, 9.17) is 15.0 Å². The molecule has 14 aromatic rings. The van der Waals surface area contributed by atoms with Crippen LogP contribution in [0.2, 0.25) is 0 Å². The standard InChI is InChI=1S/C66H44N6S/c1-66(2)52-31-13-9-24-44(52)47-28-18-35-57(61(47)66)72(56-34-19-37-59-60(56)49-27-12-16-36-58(49)73-59)65-68-63(41-38-39-55-51(40-41)46-26-11-14-32-53(46)70(55)42-20-5-3-6-21-42)67-64(69-65)50-30-17-29-48-45-25-10-15-33-54(45)71(62(48)50)43-22-7-4-8-23-43/h3-40H,1-2H3. The van der Waals surface area contributed by atoms with Crippen molar-refractivity contribution in [3.8, 4) is 45.3 Å². The summed E-state index contributed by atoms with van der Waals surface area (Å²) in [6, 6.07) is 82.9. The Morgan fingerprint density at radius 2 is 0.973 bits per heavy atom. The Balaban J connectivity index is 1.07. The summed E-state index contributed by atoms with van der Waals surface area (Å²) in [5.41, 5.74) is 15.1. The van der Waals surface area contributed by atoms with Gasteiger partial charge in [0, 0.05) is 69.6 Å². The van der Waals surface area contributed by atoms with Crippen molar-refractivity contribution in [3.63, 3.8) is 0 Å². The van der Waals surface area contributed by atoms with E-state index in [1.54, 1.807) is 0 Å². The molecule has 0 bridgehead atoms. The van der Waals surface area contributed by atoms with Crippen molar-refractivity contribution in [2.24, 2.45) is 0 Å². The van der Waals surface area contributed by atoms with Crippen LogP contribution in [0.3, 0.4) is 0 Å². The minimum absolute atomic E-state index is 0.343. The molecule has 0 aliphatic heterocycles. The zero-order valence-electron chi connectivity index (χ0n) is 40.0. The summed E-state index contributed by atoms with van der Waals surface area (Å²) in [4.78, 5) is 19.5. The maximum atomic E-state index is 5.78. The molecular formula is C66H44N6S. The predicted molar refractivity (Wildman–Crippen MR) is 305 cm³/mol. The molecule has 7 heteroatoms. The summed E-state index contributed by atoms with van der Waals surface area (Å²) in [5, 5.41) is 6.94. The van der Waals surface area contributed by atoms with Crippen molar-refractivity contribution >= 4 is 92.4 Å². The van der Waals surface area contributed by atoms with Crippen LogP contribution in [-0.4, -0.2) is 24.1 Å². The first-order valence-electron chi connectivity index (χ1n) is 24.9. The van der Waals surface area contributed by atoms with Crippen LogP contribution in [0.15, 0.2) is 231 Å². The fourth-order valence-electron chi connectivity index (χ4n) is 12.0. The maximum Gasteiger partial charge on any atom is 0.238 e. The molecule has 344 valence electrons. The van der Waals surface area contributed by atoms with E-state index in [0.29, 0.717) is 17.6 Å². The van der Waals surface area contributed by atoms with Gasteiger partial charge in [0.2, 0.25) is 5.95 Å². The first kappa shape index (κ1) is 41.6. The Morgan fingerprint density at radius 1 is 0.411 bits per heavy atom. The summed E-state index contributed by atoms with van der Waals surface area (Å²) < 4.78 is 7.15. The van der Waals surface area contributed by atoms with Crippen LogP contribution in [0.4, 0.5) is 17.3 Å². The molecule has 0 fully saturated rings. The number of para-hydroxylation sites is 5. The smallest absolute Gasteiger partial charge is 0.238 e. The van der Waals surface area contributed by atoms with Gasteiger partial charge in [-0.15, -0.1) is 11.3 Å². The van der Waals surface area contributed by atoms with Gasteiger partial charge in [0.15, 0.2) is 11.6 Å². The van der Waals surface area contributed by atoms with Crippen molar-refractivity contribution in [2.75, 3.05) is 4.90 Å². The number of rotatable bonds is 7. The molecular weight excluding hydrogens is 909 g/mol. The molecule has 0 radical (unpaired) electrons. The van der Waals surface area contributed by atoms with Crippen molar-refractivity contribution in [1.29, 1.82) is 0 Å². The second-order valence-corrected chi connectivity index (χ2v) is 20.6. The third-order valence-electron chi connectivity index (χ3n) is 15.1. The van der Waals surface area contributed by atoms with Gasteiger partial charge in [0.05, 0.1) is 33.4 Å². The van der Waals surface area contributed by atoms with E-state index >= 15 is 0 Å². The van der Waals surface area contributed by atoms with Crippen molar-refractivity contribution in [1.82, 2.24) is 24.1 Å². The lowest BCUT2D eigenvalue weighted by atomic mass is 9.81. The van der Waals surface area contributed by atoms with Crippen molar-refractivity contribution in [2.45, 2.75) is 19.3 Å². The first-order valence-corrected chi connectivity index (χ1v) is 25.7. The summed E-state index contributed by atoms with van der Waals surface area (Å²) in [7, 11) is 0. The molecule has 0 unspecified atom stereocenters. The highest BCUT2D eigenvalue weighted by Gasteiger charge is 2.40. The van der Waals surface area contributed by atoms with Gasteiger partial charge in [-0.3, -0.25) is 4.90 Å². The average molecular weight is 953 g/mol. The van der Waals surface area contributed by atoms with E-state index in [2.05, 4.69) is 258 Å². The van der Waals surface area contributed by atoms with Crippen LogP contribution in [0.25, 0.3) is 109 Å². The van der Waals surface area contributed by atoms with Crippen LogP contribution in [-0.2, 0) is 5.41 Å². The summed E-state index contributed by atoms with van der Waals surface area (Å²) in [6.45, 7) is 4.71. The Hall–Kier alpha value is -9.17. The maximum absolute atomic E-state index is 5.78. The topological polar surface area (TPSA) is 51.8 Å². The Kier molecular flexibility index (Phi) is 9.07. The van der Waals surface area contributed by atoms with Crippen LogP contribution in [0.5, 0.6) is 0 Å². The predicted octanol–water partition coefficient (Wildman–Crippen LogP) is 17.5. The van der Waals surface area contributed by atoms with E-state index in [1.807, 2.05) is 11.3 Å². The van der Waals surface area contributed by atoms with Gasteiger partial charge < -0.3 is 9.13 Å². The highest BCUT2D eigenvalue weighted by Crippen LogP contribution is 2.55.